The van der Waals surface area contributed by atoms with Gasteiger partial charge in [-0.05, 0) is 66.3 Å². The third-order valence-corrected chi connectivity index (χ3v) is 4.87. The number of aromatic nitrogens is 1. The van der Waals surface area contributed by atoms with E-state index in [1.54, 1.807) is 0 Å². The molecule has 0 aliphatic carbocycles. The first-order valence-electron chi connectivity index (χ1n) is 6.33. The van der Waals surface area contributed by atoms with Gasteiger partial charge in [0.05, 0.1) is 0 Å². The molecule has 3 fully saturated rings. The summed E-state index contributed by atoms with van der Waals surface area (Å²) < 4.78 is 1.08. The summed E-state index contributed by atoms with van der Waals surface area (Å²) in [5.41, 5.74) is 1.24. The Balaban J connectivity index is 1.72. The fourth-order valence-electron chi connectivity index (χ4n) is 2.94. The number of nitrogens with zero attached hydrogens (tertiary/aromatic N) is 2. The zero-order valence-electron chi connectivity index (χ0n) is 10.1. The van der Waals surface area contributed by atoms with Gasteiger partial charge in [0.25, 0.3) is 0 Å². The van der Waals surface area contributed by atoms with Crippen molar-refractivity contribution in [3.8, 4) is 0 Å². The summed E-state index contributed by atoms with van der Waals surface area (Å²) in [5, 5.41) is 3.61. The van der Waals surface area contributed by atoms with Crippen LogP contribution in [0.1, 0.15) is 18.4 Å². The molecule has 1 aromatic rings. The second-order valence-corrected chi connectivity index (χ2v) is 6.06. The highest BCUT2D eigenvalue weighted by atomic mass is 79.9. The largest absolute Gasteiger partial charge is 0.366 e. The Morgan fingerprint density at radius 2 is 2.18 bits per heavy atom. The maximum Gasteiger partial charge on any atom is 0.126 e. The van der Waals surface area contributed by atoms with Crippen LogP contribution in [0.15, 0.2) is 16.7 Å². The summed E-state index contributed by atoms with van der Waals surface area (Å²) in [6.07, 6.45) is 4.57. The van der Waals surface area contributed by atoms with E-state index in [1.807, 2.05) is 6.20 Å². The van der Waals surface area contributed by atoms with Gasteiger partial charge in [-0.1, -0.05) is 0 Å². The zero-order chi connectivity index (χ0) is 11.8. The van der Waals surface area contributed by atoms with Gasteiger partial charge < -0.3 is 10.2 Å². The SMILES string of the molecule is Cc1cc(NC2CN3CCC2CC3)ncc1Br. The van der Waals surface area contributed by atoms with Gasteiger partial charge in [0, 0.05) is 23.3 Å². The normalized spacial score (nSPS) is 31.5. The van der Waals surface area contributed by atoms with E-state index in [-0.39, 0.29) is 0 Å². The molecule has 4 heteroatoms. The van der Waals surface area contributed by atoms with Crippen LogP contribution in [0.5, 0.6) is 0 Å². The van der Waals surface area contributed by atoms with Crippen molar-refractivity contribution < 1.29 is 0 Å². The lowest BCUT2D eigenvalue weighted by Crippen LogP contribution is -2.53. The Morgan fingerprint density at radius 1 is 1.41 bits per heavy atom. The molecule has 0 spiro atoms. The fourth-order valence-corrected chi connectivity index (χ4v) is 3.15. The summed E-state index contributed by atoms with van der Waals surface area (Å²) in [6.45, 7) is 5.86. The molecule has 0 radical (unpaired) electrons. The number of aryl methyl sites for hydroxylation is 1. The molecule has 1 unspecified atom stereocenters. The van der Waals surface area contributed by atoms with E-state index < -0.39 is 0 Å². The molecule has 4 rings (SSSR count). The molecule has 3 nitrogen and oxygen atoms in total. The van der Waals surface area contributed by atoms with Gasteiger partial charge in [0.2, 0.25) is 0 Å². The summed E-state index contributed by atoms with van der Waals surface area (Å²) in [4.78, 5) is 7.00. The maximum atomic E-state index is 4.44. The van der Waals surface area contributed by atoms with Gasteiger partial charge in [-0.15, -0.1) is 0 Å². The van der Waals surface area contributed by atoms with Crippen molar-refractivity contribution in [2.75, 3.05) is 25.0 Å². The topological polar surface area (TPSA) is 28.2 Å². The number of piperidine rings is 3. The standard InChI is InChI=1S/C13H18BrN3/c1-9-6-13(15-7-11(9)14)16-12-8-17-4-2-10(12)3-5-17/h6-7,10,12H,2-5,8H2,1H3,(H,15,16). The first-order chi connectivity index (χ1) is 8.22. The molecule has 3 aliphatic rings. The Kier molecular flexibility index (Phi) is 3.09. The van der Waals surface area contributed by atoms with Crippen LogP contribution in [0, 0.1) is 12.8 Å². The minimum atomic E-state index is 0.588. The van der Waals surface area contributed by atoms with E-state index in [1.165, 1.54) is 38.0 Å². The molecule has 1 N–H and O–H groups in total. The highest BCUT2D eigenvalue weighted by Crippen LogP contribution is 2.29. The van der Waals surface area contributed by atoms with E-state index in [2.05, 4.69) is 44.1 Å². The van der Waals surface area contributed by atoms with Crippen molar-refractivity contribution >= 4 is 21.7 Å². The third kappa shape index (κ3) is 2.33. The smallest absolute Gasteiger partial charge is 0.126 e. The van der Waals surface area contributed by atoms with E-state index in [0.29, 0.717) is 6.04 Å². The van der Waals surface area contributed by atoms with E-state index >= 15 is 0 Å². The molecule has 0 amide bonds. The van der Waals surface area contributed by atoms with Gasteiger partial charge in [0.1, 0.15) is 5.82 Å². The molecule has 1 aromatic heterocycles. The number of halogens is 1. The van der Waals surface area contributed by atoms with E-state index in [4.69, 9.17) is 0 Å². The van der Waals surface area contributed by atoms with Crippen molar-refractivity contribution in [2.24, 2.45) is 5.92 Å². The molecule has 3 saturated heterocycles. The van der Waals surface area contributed by atoms with Crippen molar-refractivity contribution in [2.45, 2.75) is 25.8 Å². The highest BCUT2D eigenvalue weighted by Gasteiger charge is 2.34. The van der Waals surface area contributed by atoms with Crippen LogP contribution in [0.2, 0.25) is 0 Å². The second-order valence-electron chi connectivity index (χ2n) is 5.21. The number of anilines is 1. The number of rotatable bonds is 2. The lowest BCUT2D eigenvalue weighted by molar-refractivity contribution is 0.0974. The Hall–Kier alpha value is -0.610. The predicted octanol–water partition coefficient (Wildman–Crippen LogP) is 2.66. The number of hydrogen-bond donors (Lipinski definition) is 1. The molecule has 2 bridgehead atoms. The second kappa shape index (κ2) is 4.58. The average Bonchev–Trinajstić information content (AvgIpc) is 2.35. The number of pyridine rings is 1. The van der Waals surface area contributed by atoms with Gasteiger partial charge in [-0.25, -0.2) is 4.98 Å². The van der Waals surface area contributed by atoms with Crippen LogP contribution in [0.3, 0.4) is 0 Å². The lowest BCUT2D eigenvalue weighted by atomic mass is 9.84. The minimum absolute atomic E-state index is 0.588. The minimum Gasteiger partial charge on any atom is -0.366 e. The summed E-state index contributed by atoms with van der Waals surface area (Å²) in [5.74, 6) is 1.86. The van der Waals surface area contributed by atoms with Gasteiger partial charge in [0.15, 0.2) is 0 Å². The third-order valence-electron chi connectivity index (χ3n) is 4.04. The van der Waals surface area contributed by atoms with Crippen LogP contribution < -0.4 is 5.32 Å². The van der Waals surface area contributed by atoms with Crippen LogP contribution in [0.25, 0.3) is 0 Å². The summed E-state index contributed by atoms with van der Waals surface area (Å²) in [6, 6.07) is 2.72. The molecular weight excluding hydrogens is 278 g/mol. The summed E-state index contributed by atoms with van der Waals surface area (Å²) in [7, 11) is 0. The maximum absolute atomic E-state index is 4.44. The van der Waals surface area contributed by atoms with Crippen LogP contribution in [-0.4, -0.2) is 35.6 Å². The average molecular weight is 296 g/mol. The molecule has 4 heterocycles. The van der Waals surface area contributed by atoms with E-state index in [9.17, 15) is 0 Å². The van der Waals surface area contributed by atoms with Gasteiger partial charge in [-0.3, -0.25) is 0 Å². The summed E-state index contributed by atoms with van der Waals surface area (Å²) >= 11 is 3.49. The Bertz CT molecular complexity index is 413. The molecule has 17 heavy (non-hydrogen) atoms. The zero-order valence-corrected chi connectivity index (χ0v) is 11.7. The Labute approximate surface area is 111 Å². The molecule has 0 aromatic carbocycles. The highest BCUT2D eigenvalue weighted by molar-refractivity contribution is 9.10. The first-order valence-corrected chi connectivity index (χ1v) is 7.13. The van der Waals surface area contributed by atoms with Gasteiger partial charge >= 0.3 is 0 Å². The van der Waals surface area contributed by atoms with Crippen molar-refractivity contribution in [1.29, 1.82) is 0 Å². The Morgan fingerprint density at radius 3 is 2.76 bits per heavy atom. The molecule has 0 saturated carbocycles. The molecule has 3 aliphatic heterocycles. The van der Waals surface area contributed by atoms with Crippen molar-refractivity contribution in [1.82, 2.24) is 9.88 Å². The predicted molar refractivity (Wildman–Crippen MR) is 73.2 cm³/mol. The number of nitrogens with one attached hydrogen (secondary N) is 1. The van der Waals surface area contributed by atoms with Gasteiger partial charge in [-0.2, -0.15) is 0 Å². The first kappa shape index (κ1) is 11.5. The quantitative estimate of drug-likeness (QED) is 0.909. The van der Waals surface area contributed by atoms with Crippen LogP contribution in [-0.2, 0) is 0 Å². The fraction of sp³-hybridized carbons (Fsp3) is 0.615. The van der Waals surface area contributed by atoms with Crippen LogP contribution in [0.4, 0.5) is 5.82 Å². The number of fused-ring (bicyclic) bond motifs is 3. The monoisotopic (exact) mass is 295 g/mol. The molecule has 1 atom stereocenters. The molecular formula is C13H18BrN3. The van der Waals surface area contributed by atoms with Crippen LogP contribution >= 0.6 is 15.9 Å². The molecule has 92 valence electrons. The number of hydrogen-bond acceptors (Lipinski definition) is 3. The lowest BCUT2D eigenvalue weighted by Gasteiger charge is -2.45. The van der Waals surface area contributed by atoms with E-state index in [0.717, 1.165) is 16.2 Å². The van der Waals surface area contributed by atoms with Crippen molar-refractivity contribution in [3.05, 3.63) is 22.3 Å². The van der Waals surface area contributed by atoms with Crippen molar-refractivity contribution in [3.63, 3.8) is 0 Å².